The van der Waals surface area contributed by atoms with Gasteiger partial charge in [-0.15, -0.1) is 0 Å². The molecule has 15 heavy (non-hydrogen) atoms. The molecular weight excluding hydrogens is 188 g/mol. The first-order chi connectivity index (χ1) is 6.99. The number of aliphatic hydroxyl groups is 1. The average molecular weight is 210 g/mol. The molecule has 0 amide bonds. The van der Waals surface area contributed by atoms with Crippen LogP contribution in [-0.2, 0) is 13.5 Å². The predicted octanol–water partition coefficient (Wildman–Crippen LogP) is 2.15. The Morgan fingerprint density at radius 2 is 2.20 bits per heavy atom. The summed E-state index contributed by atoms with van der Waals surface area (Å²) in [5, 5.41) is 14.5. The van der Waals surface area contributed by atoms with Gasteiger partial charge in [-0.3, -0.25) is 4.68 Å². The third-order valence-electron chi connectivity index (χ3n) is 3.42. The topological polar surface area (TPSA) is 38.1 Å². The van der Waals surface area contributed by atoms with Gasteiger partial charge in [0, 0.05) is 18.9 Å². The highest BCUT2D eigenvalue weighted by molar-refractivity contribution is 5.01. The van der Waals surface area contributed by atoms with Crippen LogP contribution < -0.4 is 0 Å². The van der Waals surface area contributed by atoms with Crippen molar-refractivity contribution in [3.05, 3.63) is 18.0 Å². The van der Waals surface area contributed by atoms with Gasteiger partial charge in [-0.05, 0) is 31.2 Å². The molecule has 0 aromatic carbocycles. The summed E-state index contributed by atoms with van der Waals surface area (Å²) in [7, 11) is 1.94. The molecule has 0 aliphatic carbocycles. The van der Waals surface area contributed by atoms with Gasteiger partial charge >= 0.3 is 0 Å². The maximum absolute atomic E-state index is 10.4. The summed E-state index contributed by atoms with van der Waals surface area (Å²) in [6.07, 6.45) is 4.30. The number of aryl methyl sites for hydroxylation is 2. The van der Waals surface area contributed by atoms with Gasteiger partial charge < -0.3 is 5.11 Å². The van der Waals surface area contributed by atoms with Crippen LogP contribution in [-0.4, -0.2) is 20.5 Å². The number of rotatable bonds is 5. The van der Waals surface area contributed by atoms with E-state index in [0.29, 0.717) is 5.92 Å². The van der Waals surface area contributed by atoms with E-state index in [9.17, 15) is 5.11 Å². The molecule has 1 atom stereocenters. The first-order valence-corrected chi connectivity index (χ1v) is 5.69. The quantitative estimate of drug-likeness (QED) is 0.808. The van der Waals surface area contributed by atoms with Crippen molar-refractivity contribution in [2.24, 2.45) is 13.0 Å². The van der Waals surface area contributed by atoms with Crippen LogP contribution >= 0.6 is 0 Å². The Hall–Kier alpha value is -0.830. The summed E-state index contributed by atoms with van der Waals surface area (Å²) < 4.78 is 1.87. The summed E-state index contributed by atoms with van der Waals surface area (Å²) in [5.74, 6) is 0.302. The Bertz CT molecular complexity index is 306. The lowest BCUT2D eigenvalue weighted by Gasteiger charge is -2.31. The summed E-state index contributed by atoms with van der Waals surface area (Å²) >= 11 is 0. The normalized spacial score (nSPS) is 15.6. The summed E-state index contributed by atoms with van der Waals surface area (Å²) in [4.78, 5) is 0. The van der Waals surface area contributed by atoms with Crippen LogP contribution in [0.5, 0.6) is 0 Å². The van der Waals surface area contributed by atoms with Crippen LogP contribution in [0.4, 0.5) is 0 Å². The maximum Gasteiger partial charge on any atom is 0.0671 e. The Labute approximate surface area is 92.1 Å². The molecule has 3 nitrogen and oxygen atoms in total. The highest BCUT2D eigenvalue weighted by atomic mass is 16.3. The Morgan fingerprint density at radius 3 is 2.60 bits per heavy atom. The molecule has 0 saturated carbocycles. The van der Waals surface area contributed by atoms with Crippen molar-refractivity contribution in [3.63, 3.8) is 0 Å². The first-order valence-electron chi connectivity index (χ1n) is 5.69. The van der Waals surface area contributed by atoms with Gasteiger partial charge in [-0.25, -0.2) is 0 Å². The lowest BCUT2D eigenvalue weighted by atomic mass is 9.83. The lowest BCUT2D eigenvalue weighted by Crippen LogP contribution is -2.34. The summed E-state index contributed by atoms with van der Waals surface area (Å²) in [6, 6.07) is 2.01. The Balaban J connectivity index is 2.59. The highest BCUT2D eigenvalue weighted by Gasteiger charge is 2.28. The number of hydrogen-bond acceptors (Lipinski definition) is 2. The predicted molar refractivity (Wildman–Crippen MR) is 61.6 cm³/mol. The van der Waals surface area contributed by atoms with Crippen molar-refractivity contribution in [3.8, 4) is 0 Å². The Kier molecular flexibility index (Phi) is 3.91. The van der Waals surface area contributed by atoms with Gasteiger partial charge in [0.25, 0.3) is 0 Å². The standard InChI is InChI=1S/C12H22N2O/c1-5-12(15,10(2)3)8-6-11-7-9-13-14(11)4/h7,9-10,15H,5-6,8H2,1-4H3. The zero-order valence-corrected chi connectivity index (χ0v) is 10.2. The molecule has 0 saturated heterocycles. The molecule has 1 aromatic rings. The number of nitrogens with zero attached hydrogens (tertiary/aromatic N) is 2. The molecule has 1 heterocycles. The second-order valence-electron chi connectivity index (χ2n) is 4.56. The van der Waals surface area contributed by atoms with Gasteiger partial charge in [0.1, 0.15) is 0 Å². The van der Waals surface area contributed by atoms with E-state index < -0.39 is 5.60 Å². The largest absolute Gasteiger partial charge is 0.390 e. The molecule has 1 rings (SSSR count). The van der Waals surface area contributed by atoms with Crippen LogP contribution in [0.1, 0.15) is 39.3 Å². The minimum atomic E-state index is -0.537. The van der Waals surface area contributed by atoms with E-state index >= 15 is 0 Å². The molecule has 1 unspecified atom stereocenters. The van der Waals surface area contributed by atoms with Gasteiger partial charge in [-0.1, -0.05) is 20.8 Å². The molecule has 0 radical (unpaired) electrons. The van der Waals surface area contributed by atoms with Crippen molar-refractivity contribution < 1.29 is 5.11 Å². The third-order valence-corrected chi connectivity index (χ3v) is 3.42. The maximum atomic E-state index is 10.4. The van der Waals surface area contributed by atoms with E-state index in [1.165, 1.54) is 5.69 Å². The van der Waals surface area contributed by atoms with Crippen LogP contribution in [0.15, 0.2) is 12.3 Å². The van der Waals surface area contributed by atoms with Crippen molar-refractivity contribution in [1.82, 2.24) is 9.78 Å². The van der Waals surface area contributed by atoms with Gasteiger partial charge in [0.2, 0.25) is 0 Å². The van der Waals surface area contributed by atoms with E-state index in [-0.39, 0.29) is 0 Å². The molecule has 0 bridgehead atoms. The zero-order chi connectivity index (χ0) is 11.5. The van der Waals surface area contributed by atoms with E-state index in [1.54, 1.807) is 6.20 Å². The number of hydrogen-bond donors (Lipinski definition) is 1. The minimum absolute atomic E-state index is 0.302. The van der Waals surface area contributed by atoms with Crippen LogP contribution in [0.3, 0.4) is 0 Å². The van der Waals surface area contributed by atoms with Crippen LogP contribution in [0.2, 0.25) is 0 Å². The monoisotopic (exact) mass is 210 g/mol. The summed E-state index contributed by atoms with van der Waals surface area (Å²) in [6.45, 7) is 6.20. The Morgan fingerprint density at radius 1 is 1.53 bits per heavy atom. The molecular formula is C12H22N2O. The third kappa shape index (κ3) is 2.81. The number of aromatic nitrogens is 2. The molecule has 3 heteroatoms. The van der Waals surface area contributed by atoms with E-state index in [2.05, 4.69) is 18.9 Å². The fourth-order valence-corrected chi connectivity index (χ4v) is 1.86. The highest BCUT2D eigenvalue weighted by Crippen LogP contribution is 2.26. The van der Waals surface area contributed by atoms with Crippen molar-refractivity contribution in [1.29, 1.82) is 0 Å². The molecule has 1 N–H and O–H groups in total. The van der Waals surface area contributed by atoms with E-state index in [0.717, 1.165) is 19.3 Å². The molecule has 1 aromatic heterocycles. The van der Waals surface area contributed by atoms with E-state index in [4.69, 9.17) is 0 Å². The van der Waals surface area contributed by atoms with Gasteiger partial charge in [0.15, 0.2) is 0 Å². The molecule has 0 aliphatic heterocycles. The molecule has 0 aliphatic rings. The van der Waals surface area contributed by atoms with Crippen molar-refractivity contribution >= 4 is 0 Å². The SMILES string of the molecule is CCC(O)(CCc1ccnn1C)C(C)C. The van der Waals surface area contributed by atoms with Crippen molar-refractivity contribution in [2.75, 3.05) is 0 Å². The first kappa shape index (κ1) is 12.2. The second kappa shape index (κ2) is 4.79. The lowest BCUT2D eigenvalue weighted by molar-refractivity contribution is -0.0165. The fraction of sp³-hybridized carbons (Fsp3) is 0.750. The van der Waals surface area contributed by atoms with Crippen molar-refractivity contribution in [2.45, 2.75) is 45.6 Å². The minimum Gasteiger partial charge on any atom is -0.390 e. The molecule has 0 spiro atoms. The van der Waals surface area contributed by atoms with Crippen LogP contribution in [0.25, 0.3) is 0 Å². The smallest absolute Gasteiger partial charge is 0.0671 e. The molecule has 86 valence electrons. The van der Waals surface area contributed by atoms with Crippen LogP contribution in [0, 0.1) is 5.92 Å². The fourth-order valence-electron chi connectivity index (χ4n) is 1.86. The van der Waals surface area contributed by atoms with E-state index in [1.807, 2.05) is 24.7 Å². The summed E-state index contributed by atoms with van der Waals surface area (Å²) in [5.41, 5.74) is 0.645. The zero-order valence-electron chi connectivity index (χ0n) is 10.2. The van der Waals surface area contributed by atoms with Gasteiger partial charge in [0.05, 0.1) is 5.60 Å². The second-order valence-corrected chi connectivity index (χ2v) is 4.56. The molecule has 0 fully saturated rings. The average Bonchev–Trinajstić information content (AvgIpc) is 2.60. The van der Waals surface area contributed by atoms with Gasteiger partial charge in [-0.2, -0.15) is 5.10 Å².